The lowest BCUT2D eigenvalue weighted by Gasteiger charge is -2.30. The van der Waals surface area contributed by atoms with E-state index in [1.54, 1.807) is 30.5 Å². The third-order valence-corrected chi connectivity index (χ3v) is 4.26. The molecule has 1 aliphatic heterocycles. The second-order valence-electron chi connectivity index (χ2n) is 5.93. The van der Waals surface area contributed by atoms with Gasteiger partial charge in [0, 0.05) is 31.4 Å². The number of methoxy groups -OCH3 is 1. The average molecular weight is 357 g/mol. The van der Waals surface area contributed by atoms with Crippen molar-refractivity contribution in [2.24, 2.45) is 0 Å². The van der Waals surface area contributed by atoms with E-state index in [2.05, 4.69) is 14.7 Å². The number of hydrogen-bond donors (Lipinski definition) is 1. The molecule has 2 aromatic rings. The molecule has 3 rings (SSSR count). The lowest BCUT2D eigenvalue weighted by atomic mass is 9.95. The summed E-state index contributed by atoms with van der Waals surface area (Å²) in [5, 5.41) is 9.22. The van der Waals surface area contributed by atoms with Gasteiger partial charge in [0.15, 0.2) is 0 Å². The number of carboxylic acid groups (broad SMARTS) is 1. The van der Waals surface area contributed by atoms with E-state index in [9.17, 15) is 14.7 Å². The fourth-order valence-electron chi connectivity index (χ4n) is 2.96. The van der Waals surface area contributed by atoms with Crippen molar-refractivity contribution < 1.29 is 24.2 Å². The first kappa shape index (κ1) is 17.7. The van der Waals surface area contributed by atoms with Crippen LogP contribution >= 0.6 is 0 Å². The van der Waals surface area contributed by atoms with Crippen molar-refractivity contribution in [3.63, 3.8) is 0 Å². The van der Waals surface area contributed by atoms with Crippen molar-refractivity contribution in [1.29, 1.82) is 0 Å². The largest absolute Gasteiger partial charge is 0.465 e. The van der Waals surface area contributed by atoms with Crippen LogP contribution in [-0.2, 0) is 4.74 Å². The van der Waals surface area contributed by atoms with Crippen molar-refractivity contribution in [2.75, 3.05) is 20.2 Å². The molecular formula is C18H19N3O5. The van der Waals surface area contributed by atoms with Crippen LogP contribution in [0.15, 0.2) is 36.7 Å². The maximum atomic E-state index is 11.5. The first-order chi connectivity index (χ1) is 12.6. The van der Waals surface area contributed by atoms with E-state index in [0.29, 0.717) is 36.0 Å². The van der Waals surface area contributed by atoms with E-state index >= 15 is 0 Å². The minimum atomic E-state index is -0.931. The highest BCUT2D eigenvalue weighted by Crippen LogP contribution is 2.32. The molecule has 0 saturated carbocycles. The van der Waals surface area contributed by atoms with Gasteiger partial charge in [-0.15, -0.1) is 0 Å². The first-order valence-corrected chi connectivity index (χ1v) is 8.23. The molecule has 1 aromatic heterocycles. The van der Waals surface area contributed by atoms with E-state index in [4.69, 9.17) is 4.74 Å². The number of rotatable bonds is 4. The van der Waals surface area contributed by atoms with E-state index < -0.39 is 12.1 Å². The number of hydrogen-bond acceptors (Lipinski definition) is 6. The third-order valence-electron chi connectivity index (χ3n) is 4.26. The molecule has 26 heavy (non-hydrogen) atoms. The summed E-state index contributed by atoms with van der Waals surface area (Å²) in [6.45, 7) is 0.892. The van der Waals surface area contributed by atoms with Gasteiger partial charge in [-0.1, -0.05) is 0 Å². The van der Waals surface area contributed by atoms with Crippen LogP contribution in [0.3, 0.4) is 0 Å². The van der Waals surface area contributed by atoms with Gasteiger partial charge in [-0.25, -0.2) is 14.6 Å². The lowest BCUT2D eigenvalue weighted by Crippen LogP contribution is -2.38. The number of ether oxygens (including phenoxy) is 2. The van der Waals surface area contributed by atoms with Crippen LogP contribution in [0.5, 0.6) is 11.6 Å². The number of likely N-dealkylation sites (tertiary alicyclic amines) is 1. The van der Waals surface area contributed by atoms with Crippen LogP contribution in [0.2, 0.25) is 0 Å². The van der Waals surface area contributed by atoms with Crippen LogP contribution in [0.1, 0.15) is 34.8 Å². The highest BCUT2D eigenvalue weighted by atomic mass is 16.5. The normalized spacial score (nSPS) is 16.8. The predicted molar refractivity (Wildman–Crippen MR) is 91.5 cm³/mol. The van der Waals surface area contributed by atoms with Crippen LogP contribution in [-0.4, -0.2) is 52.2 Å². The molecule has 1 saturated heterocycles. The second kappa shape index (κ2) is 7.81. The Bertz CT molecular complexity index is 794. The number of nitrogens with zero attached hydrogens (tertiary/aromatic N) is 3. The lowest BCUT2D eigenvalue weighted by molar-refractivity contribution is 0.0600. The van der Waals surface area contributed by atoms with E-state index in [-0.39, 0.29) is 5.92 Å². The molecule has 0 spiro atoms. The summed E-state index contributed by atoms with van der Waals surface area (Å²) < 4.78 is 10.5. The Balaban J connectivity index is 1.79. The Kier molecular flexibility index (Phi) is 5.31. The van der Waals surface area contributed by atoms with Gasteiger partial charge >= 0.3 is 12.1 Å². The van der Waals surface area contributed by atoms with E-state index in [0.717, 1.165) is 12.8 Å². The third kappa shape index (κ3) is 3.90. The zero-order valence-electron chi connectivity index (χ0n) is 14.3. The number of carbonyl (C=O) groups excluding carboxylic acids is 1. The number of benzene rings is 1. The highest BCUT2D eigenvalue weighted by Gasteiger charge is 2.28. The molecule has 0 aliphatic carbocycles. The highest BCUT2D eigenvalue weighted by molar-refractivity contribution is 5.89. The van der Waals surface area contributed by atoms with Crippen molar-refractivity contribution in [2.45, 2.75) is 18.8 Å². The molecule has 8 nitrogen and oxygen atoms in total. The van der Waals surface area contributed by atoms with Crippen LogP contribution in [0.4, 0.5) is 4.79 Å². The summed E-state index contributed by atoms with van der Waals surface area (Å²) in [5.41, 5.74) is 1.05. The Hall–Kier alpha value is -3.16. The maximum Gasteiger partial charge on any atom is 0.407 e. The molecule has 1 aromatic carbocycles. The Morgan fingerprint density at radius 1 is 1.19 bits per heavy atom. The van der Waals surface area contributed by atoms with Crippen molar-refractivity contribution in [3.05, 3.63) is 47.9 Å². The number of carbonyl (C=O) groups is 2. The fraction of sp³-hybridized carbons (Fsp3) is 0.333. The fourth-order valence-corrected chi connectivity index (χ4v) is 2.96. The Morgan fingerprint density at radius 2 is 1.92 bits per heavy atom. The van der Waals surface area contributed by atoms with Crippen molar-refractivity contribution in [3.8, 4) is 11.6 Å². The summed E-state index contributed by atoms with van der Waals surface area (Å²) in [6, 6.07) is 6.50. The van der Waals surface area contributed by atoms with Gasteiger partial charge in [-0.05, 0) is 37.1 Å². The molecule has 0 radical (unpaired) electrons. The predicted octanol–water partition coefficient (Wildman–Crippen LogP) is 2.91. The second-order valence-corrected chi connectivity index (χ2v) is 5.93. The monoisotopic (exact) mass is 357 g/mol. The number of amides is 1. The van der Waals surface area contributed by atoms with Gasteiger partial charge in [0.25, 0.3) is 0 Å². The van der Waals surface area contributed by atoms with Gasteiger partial charge < -0.3 is 19.5 Å². The molecule has 136 valence electrons. The SMILES string of the molecule is COC(=O)c1ccc(Oc2nccnc2C2CCCN(C(=O)O)C2)cc1. The van der Waals surface area contributed by atoms with E-state index in [1.807, 2.05) is 0 Å². The topological polar surface area (TPSA) is 102 Å². The number of aromatic nitrogens is 2. The molecule has 1 fully saturated rings. The molecule has 1 atom stereocenters. The summed E-state index contributed by atoms with van der Waals surface area (Å²) in [6.07, 6.45) is 3.75. The average Bonchev–Trinajstić information content (AvgIpc) is 2.68. The maximum absolute atomic E-state index is 11.5. The quantitative estimate of drug-likeness (QED) is 0.839. The summed E-state index contributed by atoms with van der Waals surface area (Å²) >= 11 is 0. The van der Waals surface area contributed by atoms with Crippen LogP contribution < -0.4 is 4.74 Å². The first-order valence-electron chi connectivity index (χ1n) is 8.23. The standard InChI is InChI=1S/C18H19N3O5/c1-25-17(22)12-4-6-14(7-5-12)26-16-15(19-8-9-20-16)13-3-2-10-21(11-13)18(23)24/h4-9,13H,2-3,10-11H2,1H3,(H,23,24). The minimum absolute atomic E-state index is 0.0714. The van der Waals surface area contributed by atoms with Gasteiger partial charge in [-0.2, -0.15) is 0 Å². The molecule has 1 amide bonds. The summed E-state index contributed by atoms with van der Waals surface area (Å²) in [5.74, 6) is 0.353. The van der Waals surface area contributed by atoms with Crippen molar-refractivity contribution in [1.82, 2.24) is 14.9 Å². The zero-order chi connectivity index (χ0) is 18.5. The van der Waals surface area contributed by atoms with E-state index in [1.165, 1.54) is 18.2 Å². The summed E-state index contributed by atoms with van der Waals surface area (Å²) in [7, 11) is 1.32. The molecule has 0 bridgehead atoms. The summed E-state index contributed by atoms with van der Waals surface area (Å²) in [4.78, 5) is 32.7. The van der Waals surface area contributed by atoms with Crippen molar-refractivity contribution >= 4 is 12.1 Å². The number of piperidine rings is 1. The molecule has 1 N–H and O–H groups in total. The minimum Gasteiger partial charge on any atom is -0.465 e. The van der Waals surface area contributed by atoms with Crippen LogP contribution in [0, 0.1) is 0 Å². The van der Waals surface area contributed by atoms with Gasteiger partial charge in [-0.3, -0.25) is 4.98 Å². The van der Waals surface area contributed by atoms with Gasteiger partial charge in [0.1, 0.15) is 11.4 Å². The van der Waals surface area contributed by atoms with Gasteiger partial charge in [0.05, 0.1) is 12.7 Å². The molecule has 8 heteroatoms. The molecule has 1 unspecified atom stereocenters. The Labute approximate surface area is 150 Å². The smallest absolute Gasteiger partial charge is 0.407 e. The van der Waals surface area contributed by atoms with Crippen LogP contribution in [0.25, 0.3) is 0 Å². The number of esters is 1. The molecule has 1 aliphatic rings. The Morgan fingerprint density at radius 3 is 2.62 bits per heavy atom. The molecule has 2 heterocycles. The zero-order valence-corrected chi connectivity index (χ0v) is 14.3. The molecular weight excluding hydrogens is 338 g/mol. The van der Waals surface area contributed by atoms with Gasteiger partial charge in [0.2, 0.25) is 5.88 Å².